The Bertz CT molecular complexity index is 568. The minimum absolute atomic E-state index is 0.0500. The summed E-state index contributed by atoms with van der Waals surface area (Å²) in [6.45, 7) is 2.16. The molecule has 1 aliphatic heterocycles. The Labute approximate surface area is 129 Å². The number of esters is 1. The number of ether oxygens (including phenoxy) is 1. The molecule has 0 spiro atoms. The highest BCUT2D eigenvalue weighted by Gasteiger charge is 2.33. The second-order valence-corrected chi connectivity index (χ2v) is 5.45. The first-order valence-corrected chi connectivity index (χ1v) is 7.23. The zero-order valence-electron chi connectivity index (χ0n) is 12.8. The Hall–Kier alpha value is -2.37. The van der Waals surface area contributed by atoms with E-state index in [0.717, 1.165) is 5.56 Å². The Morgan fingerprint density at radius 1 is 1.32 bits per heavy atom. The van der Waals surface area contributed by atoms with Gasteiger partial charge in [0.1, 0.15) is 0 Å². The summed E-state index contributed by atoms with van der Waals surface area (Å²) in [6.07, 6.45) is 0.917. The molecule has 0 aromatic heterocycles. The molecule has 6 nitrogen and oxygen atoms in total. The van der Waals surface area contributed by atoms with Crippen molar-refractivity contribution in [2.45, 2.75) is 26.2 Å². The molecule has 0 bridgehead atoms. The number of methoxy groups -OCH3 is 1. The third-order valence-electron chi connectivity index (χ3n) is 3.68. The maximum absolute atomic E-state index is 12.2. The van der Waals surface area contributed by atoms with E-state index in [0.29, 0.717) is 6.42 Å². The molecule has 1 fully saturated rings. The first-order chi connectivity index (χ1) is 10.5. The molecule has 0 saturated carbocycles. The highest BCUT2D eigenvalue weighted by atomic mass is 16.5. The number of nitrogens with zero attached hydrogens (tertiary/aromatic N) is 1. The summed E-state index contributed by atoms with van der Waals surface area (Å²) in [5.41, 5.74) is 4.74. The molecule has 0 aliphatic carbocycles. The lowest BCUT2D eigenvalue weighted by atomic mass is 10.0. The van der Waals surface area contributed by atoms with Crippen molar-refractivity contribution in [1.29, 1.82) is 0 Å². The zero-order chi connectivity index (χ0) is 16.1. The summed E-state index contributed by atoms with van der Waals surface area (Å²) in [4.78, 5) is 35.4. The Kier molecular flexibility index (Phi) is 5.14. The maximum atomic E-state index is 12.2. The summed E-state index contributed by atoms with van der Waals surface area (Å²) in [7, 11) is 1.28. The Morgan fingerprint density at radius 3 is 2.64 bits per heavy atom. The molecule has 1 aliphatic rings. The molecule has 1 aromatic rings. The van der Waals surface area contributed by atoms with Crippen LogP contribution in [0.3, 0.4) is 0 Å². The van der Waals surface area contributed by atoms with Crippen LogP contribution in [0.4, 0.5) is 0 Å². The van der Waals surface area contributed by atoms with E-state index in [1.54, 1.807) is 0 Å². The predicted molar refractivity (Wildman–Crippen MR) is 79.5 cm³/mol. The standard InChI is InChI=1S/C16H20N2O4/c1-11-3-5-12(6-4-11)7-8-15(20)18-10-13(16(21)22-2)9-14(19)17-18/h3-6,13H,7-10H2,1-2H3,(H,17,19). The van der Waals surface area contributed by atoms with Crippen molar-refractivity contribution in [3.8, 4) is 0 Å². The number of hydrogen-bond donors (Lipinski definition) is 1. The van der Waals surface area contributed by atoms with Crippen LogP contribution in [0.15, 0.2) is 24.3 Å². The number of amides is 2. The van der Waals surface area contributed by atoms with Crippen LogP contribution in [-0.4, -0.2) is 36.4 Å². The SMILES string of the molecule is COC(=O)C1CC(=O)NN(C(=O)CCc2ccc(C)cc2)C1. The predicted octanol–water partition coefficient (Wildman–Crippen LogP) is 0.980. The summed E-state index contributed by atoms with van der Waals surface area (Å²) in [5.74, 6) is -1.61. The van der Waals surface area contributed by atoms with E-state index >= 15 is 0 Å². The number of rotatable bonds is 4. The molecule has 2 amide bonds. The molecule has 1 atom stereocenters. The molecule has 1 aromatic carbocycles. The number of aryl methyl sites for hydroxylation is 2. The van der Waals surface area contributed by atoms with Gasteiger partial charge in [0, 0.05) is 12.8 Å². The molecular weight excluding hydrogens is 284 g/mol. The van der Waals surface area contributed by atoms with Crippen LogP contribution in [0.5, 0.6) is 0 Å². The Balaban J connectivity index is 1.92. The van der Waals surface area contributed by atoms with E-state index in [4.69, 9.17) is 0 Å². The number of benzene rings is 1. The van der Waals surface area contributed by atoms with Crippen molar-refractivity contribution < 1.29 is 19.1 Å². The molecule has 1 saturated heterocycles. The van der Waals surface area contributed by atoms with Crippen molar-refractivity contribution in [2.75, 3.05) is 13.7 Å². The van der Waals surface area contributed by atoms with Crippen molar-refractivity contribution in [3.63, 3.8) is 0 Å². The van der Waals surface area contributed by atoms with Gasteiger partial charge in [-0.1, -0.05) is 29.8 Å². The van der Waals surface area contributed by atoms with E-state index in [9.17, 15) is 14.4 Å². The van der Waals surface area contributed by atoms with Crippen molar-refractivity contribution in [2.24, 2.45) is 5.92 Å². The van der Waals surface area contributed by atoms with E-state index in [1.807, 2.05) is 31.2 Å². The normalized spacial score (nSPS) is 17.8. The smallest absolute Gasteiger partial charge is 0.311 e. The summed E-state index contributed by atoms with van der Waals surface area (Å²) in [5, 5.41) is 1.22. The van der Waals surface area contributed by atoms with Crippen LogP contribution < -0.4 is 5.43 Å². The van der Waals surface area contributed by atoms with E-state index in [2.05, 4.69) is 10.2 Å². The fourth-order valence-corrected chi connectivity index (χ4v) is 2.38. The summed E-state index contributed by atoms with van der Waals surface area (Å²) < 4.78 is 4.65. The van der Waals surface area contributed by atoms with Gasteiger partial charge in [0.25, 0.3) is 0 Å². The lowest BCUT2D eigenvalue weighted by Gasteiger charge is -2.31. The minimum atomic E-state index is -0.595. The zero-order valence-corrected chi connectivity index (χ0v) is 12.8. The van der Waals surface area contributed by atoms with Gasteiger partial charge in [0.05, 0.1) is 19.6 Å². The molecule has 1 unspecified atom stereocenters. The fourth-order valence-electron chi connectivity index (χ4n) is 2.38. The average Bonchev–Trinajstić information content (AvgIpc) is 2.52. The molecule has 0 radical (unpaired) electrons. The van der Waals surface area contributed by atoms with E-state index in [1.165, 1.54) is 17.7 Å². The third-order valence-corrected chi connectivity index (χ3v) is 3.68. The van der Waals surface area contributed by atoms with Crippen molar-refractivity contribution in [3.05, 3.63) is 35.4 Å². The monoisotopic (exact) mass is 304 g/mol. The van der Waals surface area contributed by atoms with E-state index in [-0.39, 0.29) is 31.2 Å². The van der Waals surface area contributed by atoms with Crippen LogP contribution >= 0.6 is 0 Å². The van der Waals surface area contributed by atoms with Crippen LogP contribution in [0.1, 0.15) is 24.0 Å². The number of hydrogen-bond acceptors (Lipinski definition) is 4. The fraction of sp³-hybridized carbons (Fsp3) is 0.438. The Morgan fingerprint density at radius 2 is 2.00 bits per heavy atom. The first kappa shape index (κ1) is 16.0. The van der Waals surface area contributed by atoms with Gasteiger partial charge in [-0.3, -0.25) is 24.8 Å². The van der Waals surface area contributed by atoms with Crippen LogP contribution in [0.25, 0.3) is 0 Å². The molecular formula is C16H20N2O4. The van der Waals surface area contributed by atoms with Gasteiger partial charge >= 0.3 is 5.97 Å². The van der Waals surface area contributed by atoms with Gasteiger partial charge in [-0.25, -0.2) is 0 Å². The molecule has 22 heavy (non-hydrogen) atoms. The maximum Gasteiger partial charge on any atom is 0.311 e. The van der Waals surface area contributed by atoms with Gasteiger partial charge < -0.3 is 4.74 Å². The second-order valence-electron chi connectivity index (χ2n) is 5.45. The van der Waals surface area contributed by atoms with Gasteiger partial charge in [-0.05, 0) is 18.9 Å². The number of carbonyl (C=O) groups is 3. The molecule has 2 rings (SSSR count). The minimum Gasteiger partial charge on any atom is -0.469 e. The lowest BCUT2D eigenvalue weighted by molar-refractivity contribution is -0.156. The number of hydrazine groups is 1. The molecule has 6 heteroatoms. The highest BCUT2D eigenvalue weighted by Crippen LogP contribution is 2.14. The van der Waals surface area contributed by atoms with Gasteiger partial charge in [0.2, 0.25) is 11.8 Å². The number of carbonyl (C=O) groups excluding carboxylic acids is 3. The van der Waals surface area contributed by atoms with Gasteiger partial charge in [0.15, 0.2) is 0 Å². The quantitative estimate of drug-likeness (QED) is 0.841. The number of nitrogens with one attached hydrogen (secondary N) is 1. The summed E-state index contributed by atoms with van der Waals surface area (Å²) in [6, 6.07) is 7.95. The lowest BCUT2D eigenvalue weighted by Crippen LogP contribution is -2.54. The molecule has 1 heterocycles. The summed E-state index contributed by atoms with van der Waals surface area (Å²) >= 11 is 0. The van der Waals surface area contributed by atoms with Crippen LogP contribution in [0.2, 0.25) is 0 Å². The first-order valence-electron chi connectivity index (χ1n) is 7.23. The molecule has 118 valence electrons. The van der Waals surface area contributed by atoms with Crippen LogP contribution in [-0.2, 0) is 25.5 Å². The van der Waals surface area contributed by atoms with Gasteiger partial charge in [-0.15, -0.1) is 0 Å². The molecule has 1 N–H and O–H groups in total. The van der Waals surface area contributed by atoms with E-state index < -0.39 is 11.9 Å². The van der Waals surface area contributed by atoms with Crippen LogP contribution in [0, 0.1) is 12.8 Å². The highest BCUT2D eigenvalue weighted by molar-refractivity contribution is 5.88. The average molecular weight is 304 g/mol. The third kappa shape index (κ3) is 4.07. The topological polar surface area (TPSA) is 75.7 Å². The van der Waals surface area contributed by atoms with Crippen molar-refractivity contribution >= 4 is 17.8 Å². The van der Waals surface area contributed by atoms with Crippen molar-refractivity contribution in [1.82, 2.24) is 10.4 Å². The largest absolute Gasteiger partial charge is 0.469 e. The second kappa shape index (κ2) is 7.06. The van der Waals surface area contributed by atoms with Gasteiger partial charge in [-0.2, -0.15) is 0 Å².